The highest BCUT2D eigenvalue weighted by Gasteiger charge is 1.95. The number of aldehydes is 1. The van der Waals surface area contributed by atoms with E-state index in [1.807, 2.05) is 43.3 Å². The van der Waals surface area contributed by atoms with Crippen LogP contribution in [0.4, 0.5) is 0 Å². The first-order valence-corrected chi connectivity index (χ1v) is 4.12. The predicted molar refractivity (Wildman–Crippen MR) is 55.3 cm³/mol. The Labute approximate surface area is 78.4 Å². The summed E-state index contributed by atoms with van der Waals surface area (Å²) in [6.45, 7) is 5.55. The summed E-state index contributed by atoms with van der Waals surface area (Å²) in [4.78, 5) is 10.6. The number of allylic oxidation sites excluding steroid dienone is 2. The van der Waals surface area contributed by atoms with Gasteiger partial charge in [-0.05, 0) is 24.1 Å². The number of benzene rings is 1. The van der Waals surface area contributed by atoms with Crippen LogP contribution in [0.1, 0.15) is 12.5 Å². The maximum absolute atomic E-state index is 10.6. The van der Waals surface area contributed by atoms with Crippen molar-refractivity contribution in [3.63, 3.8) is 0 Å². The highest BCUT2D eigenvalue weighted by molar-refractivity contribution is 5.87. The number of hydrogen-bond acceptors (Lipinski definition) is 1. The molecule has 1 heteroatoms. The minimum atomic E-state index is 0.645. The summed E-state index contributed by atoms with van der Waals surface area (Å²) in [5.74, 6) is 0. The van der Waals surface area contributed by atoms with E-state index in [2.05, 4.69) is 6.58 Å². The highest BCUT2D eigenvalue weighted by Crippen LogP contribution is 2.10. The van der Waals surface area contributed by atoms with Gasteiger partial charge in [-0.1, -0.05) is 36.9 Å². The van der Waals surface area contributed by atoms with Crippen LogP contribution in [0.2, 0.25) is 0 Å². The van der Waals surface area contributed by atoms with Gasteiger partial charge in [-0.2, -0.15) is 0 Å². The van der Waals surface area contributed by atoms with Crippen molar-refractivity contribution < 1.29 is 4.79 Å². The van der Waals surface area contributed by atoms with Gasteiger partial charge in [0.15, 0.2) is 0 Å². The van der Waals surface area contributed by atoms with Gasteiger partial charge in [-0.25, -0.2) is 0 Å². The van der Waals surface area contributed by atoms with Gasteiger partial charge in [-0.15, -0.1) is 0 Å². The van der Waals surface area contributed by atoms with E-state index >= 15 is 0 Å². The zero-order chi connectivity index (χ0) is 9.68. The topological polar surface area (TPSA) is 17.1 Å². The van der Waals surface area contributed by atoms with E-state index in [1.54, 1.807) is 0 Å². The van der Waals surface area contributed by atoms with Crippen LogP contribution in [0.3, 0.4) is 0 Å². The Balaban J connectivity index is 2.98. The van der Waals surface area contributed by atoms with Crippen LogP contribution >= 0.6 is 0 Å². The van der Waals surface area contributed by atoms with E-state index in [0.717, 1.165) is 17.4 Å². The van der Waals surface area contributed by atoms with Crippen molar-refractivity contribution in [3.8, 4) is 0 Å². The Morgan fingerprint density at radius 3 is 2.38 bits per heavy atom. The fourth-order valence-electron chi connectivity index (χ4n) is 0.987. The van der Waals surface area contributed by atoms with Crippen LogP contribution in [0.15, 0.2) is 48.1 Å². The molecule has 0 amide bonds. The molecule has 1 aromatic carbocycles. The molecule has 1 nitrogen and oxygen atoms in total. The highest BCUT2D eigenvalue weighted by atomic mass is 16.1. The fraction of sp³-hybridized carbons (Fsp3) is 0.0833. The van der Waals surface area contributed by atoms with Crippen molar-refractivity contribution in [1.82, 2.24) is 0 Å². The van der Waals surface area contributed by atoms with Gasteiger partial charge in [0.2, 0.25) is 0 Å². The molecule has 13 heavy (non-hydrogen) atoms. The van der Waals surface area contributed by atoms with Gasteiger partial charge < -0.3 is 0 Å². The van der Waals surface area contributed by atoms with Gasteiger partial charge in [0.1, 0.15) is 6.29 Å². The summed E-state index contributed by atoms with van der Waals surface area (Å²) < 4.78 is 0. The largest absolute Gasteiger partial charge is 0.298 e. The van der Waals surface area contributed by atoms with Crippen LogP contribution in [-0.4, -0.2) is 6.29 Å². The van der Waals surface area contributed by atoms with E-state index in [0.29, 0.717) is 5.57 Å². The summed E-state index contributed by atoms with van der Waals surface area (Å²) in [7, 11) is 0. The lowest BCUT2D eigenvalue weighted by Gasteiger charge is -1.97. The second-order valence-electron chi connectivity index (χ2n) is 2.91. The van der Waals surface area contributed by atoms with E-state index in [9.17, 15) is 4.79 Å². The first kappa shape index (κ1) is 9.46. The molecule has 0 aliphatic carbocycles. The van der Waals surface area contributed by atoms with Gasteiger partial charge in [-0.3, -0.25) is 4.79 Å². The van der Waals surface area contributed by atoms with E-state index in [4.69, 9.17) is 0 Å². The second kappa shape index (κ2) is 4.41. The molecule has 0 spiro atoms. The number of hydrogen-bond donors (Lipinski definition) is 0. The van der Waals surface area contributed by atoms with Crippen molar-refractivity contribution in [1.29, 1.82) is 0 Å². The zero-order valence-electron chi connectivity index (χ0n) is 7.66. The molecule has 0 saturated heterocycles. The van der Waals surface area contributed by atoms with E-state index < -0.39 is 0 Å². The van der Waals surface area contributed by atoms with Gasteiger partial charge in [0, 0.05) is 5.57 Å². The average molecular weight is 172 g/mol. The minimum absolute atomic E-state index is 0.645. The standard InChI is InChI=1S/C12H12O/c1-10(2)12(9-13)8-11-6-4-3-5-7-11/h3-9H,1H2,2H3/b12-8-. The Bertz CT molecular complexity index is 333. The molecule has 0 N–H and O–H groups in total. The molecule has 0 fully saturated rings. The molecule has 1 aromatic rings. The summed E-state index contributed by atoms with van der Waals surface area (Å²) in [5.41, 5.74) is 2.46. The van der Waals surface area contributed by atoms with Gasteiger partial charge in [0.05, 0.1) is 0 Å². The molecule has 0 aliphatic rings. The minimum Gasteiger partial charge on any atom is -0.298 e. The summed E-state index contributed by atoms with van der Waals surface area (Å²) in [6.07, 6.45) is 2.66. The lowest BCUT2D eigenvalue weighted by atomic mass is 10.1. The lowest BCUT2D eigenvalue weighted by molar-refractivity contribution is -0.104. The Morgan fingerprint density at radius 2 is 1.92 bits per heavy atom. The van der Waals surface area contributed by atoms with E-state index in [1.165, 1.54) is 0 Å². The summed E-state index contributed by atoms with van der Waals surface area (Å²) in [5, 5.41) is 0. The van der Waals surface area contributed by atoms with E-state index in [-0.39, 0.29) is 0 Å². The molecular formula is C12H12O. The first-order chi connectivity index (χ1) is 6.24. The average Bonchev–Trinajstić information content (AvgIpc) is 2.15. The Hall–Kier alpha value is -1.63. The van der Waals surface area contributed by atoms with Gasteiger partial charge in [0.25, 0.3) is 0 Å². The van der Waals surface area contributed by atoms with Crippen LogP contribution in [0.5, 0.6) is 0 Å². The second-order valence-corrected chi connectivity index (χ2v) is 2.91. The van der Waals surface area contributed by atoms with Crippen molar-refractivity contribution in [2.45, 2.75) is 6.92 Å². The van der Waals surface area contributed by atoms with Crippen molar-refractivity contribution in [2.75, 3.05) is 0 Å². The third-order valence-electron chi connectivity index (χ3n) is 1.74. The molecule has 0 saturated carbocycles. The SMILES string of the molecule is C=C(C)/C(C=O)=C\c1ccccc1. The maximum atomic E-state index is 10.6. The molecular weight excluding hydrogens is 160 g/mol. The number of carbonyl (C=O) groups excluding carboxylic acids is 1. The van der Waals surface area contributed by atoms with Crippen molar-refractivity contribution >= 4 is 12.4 Å². The molecule has 0 aromatic heterocycles. The maximum Gasteiger partial charge on any atom is 0.150 e. The molecule has 0 atom stereocenters. The molecule has 0 aliphatic heterocycles. The molecule has 0 heterocycles. The normalized spacial score (nSPS) is 11.0. The third-order valence-corrected chi connectivity index (χ3v) is 1.74. The third kappa shape index (κ3) is 2.71. The zero-order valence-corrected chi connectivity index (χ0v) is 7.66. The lowest BCUT2D eigenvalue weighted by Crippen LogP contribution is -1.85. The first-order valence-electron chi connectivity index (χ1n) is 4.12. The summed E-state index contributed by atoms with van der Waals surface area (Å²) >= 11 is 0. The smallest absolute Gasteiger partial charge is 0.150 e. The van der Waals surface area contributed by atoms with Crippen molar-refractivity contribution in [3.05, 3.63) is 53.6 Å². The monoisotopic (exact) mass is 172 g/mol. The quantitative estimate of drug-likeness (QED) is 0.389. The molecule has 66 valence electrons. The molecule has 0 radical (unpaired) electrons. The predicted octanol–water partition coefficient (Wildman–Crippen LogP) is 2.85. The molecule has 1 rings (SSSR count). The van der Waals surface area contributed by atoms with Crippen LogP contribution in [0, 0.1) is 0 Å². The number of carbonyl (C=O) groups is 1. The van der Waals surface area contributed by atoms with Crippen molar-refractivity contribution in [2.24, 2.45) is 0 Å². The summed E-state index contributed by atoms with van der Waals surface area (Å²) in [6, 6.07) is 9.72. The molecule has 0 unspecified atom stereocenters. The fourth-order valence-corrected chi connectivity index (χ4v) is 0.987. The van der Waals surface area contributed by atoms with Gasteiger partial charge >= 0.3 is 0 Å². The van der Waals surface area contributed by atoms with Crippen LogP contribution < -0.4 is 0 Å². The Morgan fingerprint density at radius 1 is 1.31 bits per heavy atom. The number of rotatable bonds is 3. The van der Waals surface area contributed by atoms with Crippen LogP contribution in [-0.2, 0) is 4.79 Å². The molecule has 0 bridgehead atoms. The Kier molecular flexibility index (Phi) is 3.21. The van der Waals surface area contributed by atoms with Crippen LogP contribution in [0.25, 0.3) is 6.08 Å².